The van der Waals surface area contributed by atoms with Crippen LogP contribution in [0.4, 0.5) is 0 Å². The SMILES string of the molecule is CC(C)N1C(=O)C[C@H](N)[C@H]1c1cccnc1. The van der Waals surface area contributed by atoms with Crippen LogP contribution in [0.25, 0.3) is 0 Å². The van der Waals surface area contributed by atoms with Crippen molar-refractivity contribution in [1.82, 2.24) is 9.88 Å². The molecule has 86 valence electrons. The van der Waals surface area contributed by atoms with Gasteiger partial charge in [-0.2, -0.15) is 0 Å². The molecule has 0 radical (unpaired) electrons. The minimum absolute atomic E-state index is 0.0267. The smallest absolute Gasteiger partial charge is 0.225 e. The normalized spacial score (nSPS) is 25.5. The fourth-order valence-corrected chi connectivity index (χ4v) is 2.35. The van der Waals surface area contributed by atoms with Gasteiger partial charge in [0.1, 0.15) is 0 Å². The van der Waals surface area contributed by atoms with Crippen LogP contribution in [-0.4, -0.2) is 27.9 Å². The summed E-state index contributed by atoms with van der Waals surface area (Å²) in [6.07, 6.45) is 3.95. The minimum atomic E-state index is -0.126. The number of rotatable bonds is 2. The summed E-state index contributed by atoms with van der Waals surface area (Å²) < 4.78 is 0. The molecule has 16 heavy (non-hydrogen) atoms. The third-order valence-electron chi connectivity index (χ3n) is 2.99. The van der Waals surface area contributed by atoms with E-state index in [9.17, 15) is 4.79 Å². The molecule has 2 heterocycles. The maximum Gasteiger partial charge on any atom is 0.225 e. The van der Waals surface area contributed by atoms with Crippen LogP contribution in [0, 0.1) is 0 Å². The van der Waals surface area contributed by atoms with E-state index in [1.807, 2.05) is 30.9 Å². The van der Waals surface area contributed by atoms with Crippen molar-refractivity contribution in [3.63, 3.8) is 0 Å². The molecule has 0 saturated carbocycles. The Hall–Kier alpha value is -1.42. The molecule has 4 heteroatoms. The summed E-state index contributed by atoms with van der Waals surface area (Å²) in [6.45, 7) is 4.03. The van der Waals surface area contributed by atoms with Crippen LogP contribution >= 0.6 is 0 Å². The molecule has 0 bridgehead atoms. The lowest BCUT2D eigenvalue weighted by molar-refractivity contribution is -0.130. The van der Waals surface area contributed by atoms with Crippen molar-refractivity contribution in [2.75, 3.05) is 0 Å². The Morgan fingerprint density at radius 3 is 2.88 bits per heavy atom. The standard InChI is InChI=1S/C12H17N3O/c1-8(2)15-11(16)6-10(13)12(15)9-4-3-5-14-7-9/h3-5,7-8,10,12H,6,13H2,1-2H3/t10-,12+/m0/s1. The van der Waals surface area contributed by atoms with E-state index >= 15 is 0 Å². The zero-order valence-electron chi connectivity index (χ0n) is 9.63. The molecule has 0 aliphatic carbocycles. The van der Waals surface area contributed by atoms with Crippen LogP contribution in [0.15, 0.2) is 24.5 Å². The fourth-order valence-electron chi connectivity index (χ4n) is 2.35. The molecule has 1 aliphatic heterocycles. The highest BCUT2D eigenvalue weighted by atomic mass is 16.2. The lowest BCUT2D eigenvalue weighted by atomic mass is 10.0. The number of likely N-dealkylation sites (tertiary alicyclic amines) is 1. The highest BCUT2D eigenvalue weighted by Crippen LogP contribution is 2.33. The fraction of sp³-hybridized carbons (Fsp3) is 0.500. The summed E-state index contributed by atoms with van der Waals surface area (Å²) in [4.78, 5) is 17.8. The van der Waals surface area contributed by atoms with Gasteiger partial charge in [-0.1, -0.05) is 6.07 Å². The first-order chi connectivity index (χ1) is 7.61. The van der Waals surface area contributed by atoms with Crippen molar-refractivity contribution in [2.24, 2.45) is 5.73 Å². The van der Waals surface area contributed by atoms with Crippen molar-refractivity contribution in [2.45, 2.75) is 38.4 Å². The predicted molar refractivity (Wildman–Crippen MR) is 61.6 cm³/mol. The maximum absolute atomic E-state index is 11.8. The molecule has 1 aromatic rings. The highest BCUT2D eigenvalue weighted by molar-refractivity contribution is 5.80. The zero-order valence-corrected chi connectivity index (χ0v) is 9.63. The van der Waals surface area contributed by atoms with E-state index in [0.29, 0.717) is 6.42 Å². The van der Waals surface area contributed by atoms with Gasteiger partial charge >= 0.3 is 0 Å². The number of carbonyl (C=O) groups excluding carboxylic acids is 1. The molecule has 1 fully saturated rings. The van der Waals surface area contributed by atoms with E-state index in [1.54, 1.807) is 12.4 Å². The molecule has 2 rings (SSSR count). The van der Waals surface area contributed by atoms with Gasteiger partial charge in [-0.25, -0.2) is 0 Å². The lowest BCUT2D eigenvalue weighted by Crippen LogP contribution is -2.37. The number of nitrogens with zero attached hydrogens (tertiary/aromatic N) is 2. The van der Waals surface area contributed by atoms with Crippen LogP contribution in [0.2, 0.25) is 0 Å². The molecule has 0 aromatic carbocycles. The first kappa shape index (κ1) is 11.1. The first-order valence-electron chi connectivity index (χ1n) is 5.58. The second-order valence-electron chi connectivity index (χ2n) is 4.49. The Morgan fingerprint density at radius 1 is 1.56 bits per heavy atom. The molecule has 1 aromatic heterocycles. The van der Waals surface area contributed by atoms with Crippen molar-refractivity contribution in [3.05, 3.63) is 30.1 Å². The van der Waals surface area contributed by atoms with E-state index in [0.717, 1.165) is 5.56 Å². The third kappa shape index (κ3) is 1.80. The summed E-state index contributed by atoms with van der Waals surface area (Å²) in [6, 6.07) is 3.88. The summed E-state index contributed by atoms with van der Waals surface area (Å²) in [5, 5.41) is 0. The van der Waals surface area contributed by atoms with Crippen molar-refractivity contribution < 1.29 is 4.79 Å². The number of nitrogens with two attached hydrogens (primary N) is 1. The topological polar surface area (TPSA) is 59.2 Å². The monoisotopic (exact) mass is 219 g/mol. The van der Waals surface area contributed by atoms with Gasteiger partial charge in [0.2, 0.25) is 5.91 Å². The van der Waals surface area contributed by atoms with Gasteiger partial charge < -0.3 is 10.6 Å². The minimum Gasteiger partial charge on any atom is -0.332 e. The van der Waals surface area contributed by atoms with Crippen molar-refractivity contribution >= 4 is 5.91 Å². The Bertz CT molecular complexity index is 377. The average Bonchev–Trinajstić information content (AvgIpc) is 2.55. The van der Waals surface area contributed by atoms with Gasteiger partial charge in [0, 0.05) is 30.9 Å². The Morgan fingerprint density at radius 2 is 2.31 bits per heavy atom. The molecular weight excluding hydrogens is 202 g/mol. The van der Waals surface area contributed by atoms with Gasteiger partial charge in [-0.15, -0.1) is 0 Å². The zero-order chi connectivity index (χ0) is 11.7. The molecule has 0 spiro atoms. The van der Waals surface area contributed by atoms with Gasteiger partial charge in [0.05, 0.1) is 6.04 Å². The second-order valence-corrected chi connectivity index (χ2v) is 4.49. The Labute approximate surface area is 95.5 Å². The van der Waals surface area contributed by atoms with Crippen LogP contribution in [-0.2, 0) is 4.79 Å². The summed E-state index contributed by atoms with van der Waals surface area (Å²) in [7, 11) is 0. The number of hydrogen-bond donors (Lipinski definition) is 1. The maximum atomic E-state index is 11.8. The average molecular weight is 219 g/mol. The predicted octanol–water partition coefficient (Wildman–Crippen LogP) is 1.09. The number of aromatic nitrogens is 1. The van der Waals surface area contributed by atoms with Gasteiger partial charge in [0.25, 0.3) is 0 Å². The molecule has 1 amide bonds. The molecule has 1 aliphatic rings. The van der Waals surface area contributed by atoms with Gasteiger partial charge in [-0.3, -0.25) is 9.78 Å². The number of pyridine rings is 1. The molecule has 0 unspecified atom stereocenters. The van der Waals surface area contributed by atoms with Crippen molar-refractivity contribution in [1.29, 1.82) is 0 Å². The largest absolute Gasteiger partial charge is 0.332 e. The number of carbonyl (C=O) groups is 1. The molecule has 4 nitrogen and oxygen atoms in total. The summed E-state index contributed by atoms with van der Waals surface area (Å²) in [5.74, 6) is 0.136. The van der Waals surface area contributed by atoms with Crippen LogP contribution in [0.1, 0.15) is 31.9 Å². The van der Waals surface area contributed by atoms with E-state index in [1.165, 1.54) is 0 Å². The Balaban J connectivity index is 2.34. The number of amides is 1. The van der Waals surface area contributed by atoms with Gasteiger partial charge in [-0.05, 0) is 25.5 Å². The highest BCUT2D eigenvalue weighted by Gasteiger charge is 2.39. The second kappa shape index (κ2) is 4.22. The molecule has 2 atom stereocenters. The van der Waals surface area contributed by atoms with Crippen LogP contribution in [0.5, 0.6) is 0 Å². The van der Waals surface area contributed by atoms with E-state index in [2.05, 4.69) is 4.98 Å². The van der Waals surface area contributed by atoms with Crippen LogP contribution < -0.4 is 5.73 Å². The van der Waals surface area contributed by atoms with E-state index < -0.39 is 0 Å². The van der Waals surface area contributed by atoms with Gasteiger partial charge in [0.15, 0.2) is 0 Å². The van der Waals surface area contributed by atoms with E-state index in [4.69, 9.17) is 5.73 Å². The molecule has 2 N–H and O–H groups in total. The van der Waals surface area contributed by atoms with Crippen molar-refractivity contribution in [3.8, 4) is 0 Å². The summed E-state index contributed by atoms with van der Waals surface area (Å²) in [5.41, 5.74) is 7.06. The number of hydrogen-bond acceptors (Lipinski definition) is 3. The quantitative estimate of drug-likeness (QED) is 0.810. The van der Waals surface area contributed by atoms with Crippen LogP contribution in [0.3, 0.4) is 0 Å². The molecule has 1 saturated heterocycles. The molecular formula is C12H17N3O. The Kier molecular flexibility index (Phi) is 2.92. The lowest BCUT2D eigenvalue weighted by Gasteiger charge is -2.30. The third-order valence-corrected chi connectivity index (χ3v) is 2.99. The summed E-state index contributed by atoms with van der Waals surface area (Å²) >= 11 is 0. The first-order valence-corrected chi connectivity index (χ1v) is 5.58. The van der Waals surface area contributed by atoms with E-state index in [-0.39, 0.29) is 24.0 Å².